The van der Waals surface area contributed by atoms with Crippen molar-refractivity contribution in [3.63, 3.8) is 0 Å². The van der Waals surface area contributed by atoms with Crippen LogP contribution in [0.5, 0.6) is 0 Å². The van der Waals surface area contributed by atoms with Gasteiger partial charge in [-0.3, -0.25) is 4.79 Å². The first-order chi connectivity index (χ1) is 9.43. The highest BCUT2D eigenvalue weighted by atomic mass is 19.1. The molecule has 7 nitrogen and oxygen atoms in total. The van der Waals surface area contributed by atoms with E-state index in [1.165, 1.54) is 6.07 Å². The molecule has 8 heteroatoms. The number of halogens is 1. The number of esters is 1. The van der Waals surface area contributed by atoms with Crippen LogP contribution >= 0.6 is 0 Å². The van der Waals surface area contributed by atoms with Crippen molar-refractivity contribution in [3.8, 4) is 0 Å². The third kappa shape index (κ3) is 4.65. The van der Waals surface area contributed by atoms with E-state index in [-0.39, 0.29) is 11.3 Å². The van der Waals surface area contributed by atoms with Crippen LogP contribution in [0.4, 0.5) is 10.1 Å². The van der Waals surface area contributed by atoms with E-state index in [0.29, 0.717) is 0 Å². The van der Waals surface area contributed by atoms with E-state index in [2.05, 4.69) is 14.8 Å². The number of hydrogen-bond acceptors (Lipinski definition) is 5. The summed E-state index contributed by atoms with van der Waals surface area (Å²) in [5.74, 6) is -3.37. The number of carbonyl (C=O) groups is 3. The molecule has 0 aliphatic rings. The topological polar surface area (TPSA) is 102 Å². The maximum Gasteiger partial charge on any atom is 0.340 e. The zero-order chi connectivity index (χ0) is 15.1. The average Bonchev–Trinajstić information content (AvgIpc) is 2.39. The van der Waals surface area contributed by atoms with E-state index in [1.807, 2.05) is 0 Å². The highest BCUT2D eigenvalue weighted by Crippen LogP contribution is 2.18. The number of aliphatic carboxylic acids is 1. The number of anilines is 1. The Morgan fingerprint density at radius 2 is 2.00 bits per heavy atom. The Morgan fingerprint density at radius 1 is 1.30 bits per heavy atom. The van der Waals surface area contributed by atoms with Gasteiger partial charge in [0.05, 0.1) is 18.4 Å². The first-order valence-electron chi connectivity index (χ1n) is 5.41. The monoisotopic (exact) mass is 285 g/mol. The first-order valence-corrected chi connectivity index (χ1v) is 5.41. The predicted octanol–water partition coefficient (Wildman–Crippen LogP) is 0.652. The van der Waals surface area contributed by atoms with Crippen LogP contribution in [0.15, 0.2) is 18.2 Å². The number of carboxylic acids is 1. The molecule has 0 saturated heterocycles. The number of benzene rings is 1. The van der Waals surface area contributed by atoms with Gasteiger partial charge in [-0.25, -0.2) is 14.0 Å². The molecule has 0 heterocycles. The van der Waals surface area contributed by atoms with Gasteiger partial charge in [0.2, 0.25) is 5.91 Å². The molecule has 0 unspecified atom stereocenters. The summed E-state index contributed by atoms with van der Waals surface area (Å²) in [5, 5.41) is 10.6. The van der Waals surface area contributed by atoms with Crippen molar-refractivity contribution in [1.82, 2.24) is 0 Å². The van der Waals surface area contributed by atoms with Crippen LogP contribution in [0.2, 0.25) is 0 Å². The lowest BCUT2D eigenvalue weighted by Gasteiger charge is -2.09. The molecule has 0 atom stereocenters. The average molecular weight is 285 g/mol. The molecule has 0 aliphatic carbocycles. The fraction of sp³-hybridized carbons (Fsp3) is 0.250. The summed E-state index contributed by atoms with van der Waals surface area (Å²) in [5.41, 5.74) is -0.110. The number of amides is 1. The fourth-order valence-corrected chi connectivity index (χ4v) is 1.32. The van der Waals surface area contributed by atoms with Gasteiger partial charge in [0, 0.05) is 0 Å². The van der Waals surface area contributed by atoms with Crippen LogP contribution in [0, 0.1) is 5.82 Å². The van der Waals surface area contributed by atoms with E-state index in [1.54, 1.807) is 0 Å². The van der Waals surface area contributed by atoms with E-state index in [9.17, 15) is 18.8 Å². The molecule has 0 fully saturated rings. The van der Waals surface area contributed by atoms with Crippen LogP contribution in [0.1, 0.15) is 10.4 Å². The third-order valence-corrected chi connectivity index (χ3v) is 2.12. The second-order valence-corrected chi connectivity index (χ2v) is 3.62. The van der Waals surface area contributed by atoms with Crippen molar-refractivity contribution < 1.29 is 33.4 Å². The summed E-state index contributed by atoms with van der Waals surface area (Å²) < 4.78 is 22.1. The third-order valence-electron chi connectivity index (χ3n) is 2.12. The van der Waals surface area contributed by atoms with E-state index in [4.69, 9.17) is 5.11 Å². The predicted molar refractivity (Wildman–Crippen MR) is 64.8 cm³/mol. The zero-order valence-electron chi connectivity index (χ0n) is 10.5. The molecule has 2 N–H and O–H groups in total. The van der Waals surface area contributed by atoms with Crippen molar-refractivity contribution in [1.29, 1.82) is 0 Å². The van der Waals surface area contributed by atoms with Crippen LogP contribution < -0.4 is 5.32 Å². The first kappa shape index (κ1) is 15.6. The Labute approximate surface area is 113 Å². The Hall–Kier alpha value is -2.48. The van der Waals surface area contributed by atoms with Gasteiger partial charge in [-0.1, -0.05) is 0 Å². The Balaban J connectivity index is 2.74. The quantitative estimate of drug-likeness (QED) is 0.744. The fourth-order valence-electron chi connectivity index (χ4n) is 1.32. The summed E-state index contributed by atoms with van der Waals surface area (Å²) in [6, 6.07) is 3.16. The number of carboxylic acid groups (broad SMARTS) is 1. The number of hydrogen-bond donors (Lipinski definition) is 2. The molecule has 20 heavy (non-hydrogen) atoms. The number of ether oxygens (including phenoxy) is 2. The lowest BCUT2D eigenvalue weighted by molar-refractivity contribution is -0.143. The molecule has 1 rings (SSSR count). The molecule has 1 amide bonds. The molecule has 0 aromatic heterocycles. The SMILES string of the molecule is COC(=O)c1cc(F)ccc1NC(=O)COCC(=O)O. The summed E-state index contributed by atoms with van der Waals surface area (Å²) in [7, 11) is 1.12. The van der Waals surface area contributed by atoms with E-state index < -0.39 is 36.9 Å². The van der Waals surface area contributed by atoms with Crippen LogP contribution in [-0.2, 0) is 19.1 Å². The normalized spacial score (nSPS) is 9.90. The molecule has 0 radical (unpaired) electrons. The van der Waals surface area contributed by atoms with Gasteiger partial charge in [0.25, 0.3) is 0 Å². The van der Waals surface area contributed by atoms with Crippen molar-refractivity contribution in [2.45, 2.75) is 0 Å². The van der Waals surface area contributed by atoms with Gasteiger partial charge < -0.3 is 19.9 Å². The van der Waals surface area contributed by atoms with Crippen LogP contribution in [-0.4, -0.2) is 43.3 Å². The molecule has 0 spiro atoms. The molecule has 0 bridgehead atoms. The molecular weight excluding hydrogens is 273 g/mol. The largest absolute Gasteiger partial charge is 0.480 e. The molecule has 1 aromatic rings. The van der Waals surface area contributed by atoms with E-state index >= 15 is 0 Å². The van der Waals surface area contributed by atoms with Crippen molar-refractivity contribution in [3.05, 3.63) is 29.6 Å². The number of carbonyl (C=O) groups excluding carboxylic acids is 2. The Kier molecular flexibility index (Phi) is 5.60. The minimum Gasteiger partial charge on any atom is -0.480 e. The Morgan fingerprint density at radius 3 is 2.60 bits per heavy atom. The van der Waals surface area contributed by atoms with Gasteiger partial charge >= 0.3 is 11.9 Å². The second-order valence-electron chi connectivity index (χ2n) is 3.62. The highest BCUT2D eigenvalue weighted by molar-refractivity contribution is 6.01. The van der Waals surface area contributed by atoms with Crippen molar-refractivity contribution >= 4 is 23.5 Å². The Bertz CT molecular complexity index is 531. The molecule has 108 valence electrons. The molecular formula is C12H12FNO6. The number of nitrogens with one attached hydrogen (secondary N) is 1. The van der Waals surface area contributed by atoms with Gasteiger partial charge in [-0.15, -0.1) is 0 Å². The van der Waals surface area contributed by atoms with Crippen molar-refractivity contribution in [2.75, 3.05) is 25.6 Å². The lowest BCUT2D eigenvalue weighted by Crippen LogP contribution is -2.22. The highest BCUT2D eigenvalue weighted by Gasteiger charge is 2.15. The maximum atomic E-state index is 13.1. The lowest BCUT2D eigenvalue weighted by atomic mass is 10.1. The second kappa shape index (κ2) is 7.19. The molecule has 0 saturated carbocycles. The zero-order valence-corrected chi connectivity index (χ0v) is 10.5. The smallest absolute Gasteiger partial charge is 0.340 e. The summed E-state index contributed by atoms with van der Waals surface area (Å²) in [4.78, 5) is 33.1. The summed E-state index contributed by atoms with van der Waals surface area (Å²) in [6.45, 7) is -1.13. The molecule has 1 aromatic carbocycles. The summed E-state index contributed by atoms with van der Waals surface area (Å²) >= 11 is 0. The number of rotatable bonds is 6. The van der Waals surface area contributed by atoms with Crippen molar-refractivity contribution in [2.24, 2.45) is 0 Å². The van der Waals surface area contributed by atoms with Gasteiger partial charge in [-0.05, 0) is 18.2 Å². The maximum absolute atomic E-state index is 13.1. The van der Waals surface area contributed by atoms with Gasteiger partial charge in [0.1, 0.15) is 19.0 Å². The minimum absolute atomic E-state index is 0.0437. The van der Waals surface area contributed by atoms with Crippen LogP contribution in [0.25, 0.3) is 0 Å². The summed E-state index contributed by atoms with van der Waals surface area (Å²) in [6.07, 6.45) is 0. The molecule has 0 aliphatic heterocycles. The van der Waals surface area contributed by atoms with Gasteiger partial charge in [0.15, 0.2) is 0 Å². The van der Waals surface area contributed by atoms with Gasteiger partial charge in [-0.2, -0.15) is 0 Å². The van der Waals surface area contributed by atoms with E-state index in [0.717, 1.165) is 19.2 Å². The van der Waals surface area contributed by atoms with Crippen LogP contribution in [0.3, 0.4) is 0 Å². The number of methoxy groups -OCH3 is 1. The standard InChI is InChI=1S/C12H12FNO6/c1-19-12(18)8-4-7(13)2-3-9(8)14-10(15)5-20-6-11(16)17/h2-4H,5-6H2,1H3,(H,14,15)(H,16,17). The minimum atomic E-state index is -1.21.